The Morgan fingerprint density at radius 1 is 0.976 bits per heavy atom. The van der Waals surface area contributed by atoms with E-state index in [1.807, 2.05) is 26.0 Å². The van der Waals surface area contributed by atoms with Crippen molar-refractivity contribution >= 4 is 17.5 Å². The number of aromatic nitrogens is 2. The Labute approximate surface area is 237 Å². The van der Waals surface area contributed by atoms with Crippen molar-refractivity contribution in [1.29, 1.82) is 0 Å². The number of hydrogen-bond acceptors (Lipinski definition) is 6. The lowest BCUT2D eigenvalue weighted by molar-refractivity contribution is -0.127. The largest absolute Gasteiger partial charge is 0.482 e. The Bertz CT molecular complexity index is 1440. The Hall–Kier alpha value is -4.05. The fourth-order valence-corrected chi connectivity index (χ4v) is 4.59. The van der Waals surface area contributed by atoms with Crippen LogP contribution in [0.1, 0.15) is 79.3 Å². The van der Waals surface area contributed by atoms with Crippen LogP contribution >= 0.6 is 0 Å². The predicted molar refractivity (Wildman–Crippen MR) is 149 cm³/mol. The topological polar surface area (TPSA) is 98.4 Å². The highest BCUT2D eigenvalue weighted by Crippen LogP contribution is 2.43. The van der Waals surface area contributed by atoms with Crippen LogP contribution in [-0.2, 0) is 22.5 Å². The van der Waals surface area contributed by atoms with E-state index in [9.17, 15) is 22.8 Å². The normalized spacial score (nSPS) is 16.1. The van der Waals surface area contributed by atoms with E-state index in [0.29, 0.717) is 16.8 Å². The van der Waals surface area contributed by atoms with Gasteiger partial charge in [-0.1, -0.05) is 62.4 Å². The Balaban J connectivity index is 1.90. The molecule has 0 aliphatic carbocycles. The molecule has 0 bridgehead atoms. The van der Waals surface area contributed by atoms with E-state index in [1.165, 1.54) is 29.2 Å². The SMILES string of the molecule is CC(C)c1ccc(C(=O)C2=C(OC(C)(C)C)C(=O)N(c3ccc(CN)nn3)C2c2ccc(CC(F)(F)F)cc2)cc1. The molecular weight excluding hydrogens is 533 g/mol. The highest BCUT2D eigenvalue weighted by molar-refractivity contribution is 6.21. The molecule has 4 rings (SSSR count). The van der Waals surface area contributed by atoms with Gasteiger partial charge in [0.25, 0.3) is 5.91 Å². The molecule has 2 heterocycles. The highest BCUT2D eigenvalue weighted by atomic mass is 19.4. The highest BCUT2D eigenvalue weighted by Gasteiger charge is 2.47. The van der Waals surface area contributed by atoms with Gasteiger partial charge in [-0.2, -0.15) is 18.3 Å². The molecule has 0 saturated heterocycles. The quantitative estimate of drug-likeness (QED) is 0.326. The van der Waals surface area contributed by atoms with Gasteiger partial charge in [0.15, 0.2) is 17.4 Å². The summed E-state index contributed by atoms with van der Waals surface area (Å²) >= 11 is 0. The van der Waals surface area contributed by atoms with Gasteiger partial charge in [0.1, 0.15) is 5.60 Å². The van der Waals surface area contributed by atoms with Crippen molar-refractivity contribution in [2.24, 2.45) is 5.73 Å². The third-order valence-corrected chi connectivity index (χ3v) is 6.54. The molecular formula is C31H33F3N4O3. The smallest absolute Gasteiger partial charge is 0.393 e. The van der Waals surface area contributed by atoms with E-state index in [0.717, 1.165) is 5.56 Å². The zero-order valence-electron chi connectivity index (χ0n) is 23.6. The van der Waals surface area contributed by atoms with Gasteiger partial charge in [0.2, 0.25) is 0 Å². The number of Topliss-reactive ketones (excluding diaryl/α,β-unsaturated/α-hetero) is 1. The van der Waals surface area contributed by atoms with Gasteiger partial charge in [0.05, 0.1) is 23.7 Å². The second kappa shape index (κ2) is 11.4. The first-order chi connectivity index (χ1) is 19.2. The van der Waals surface area contributed by atoms with Crippen molar-refractivity contribution < 1.29 is 27.5 Å². The molecule has 1 amide bonds. The summed E-state index contributed by atoms with van der Waals surface area (Å²) in [5.41, 5.74) is 7.24. The molecule has 7 nitrogen and oxygen atoms in total. The molecule has 10 heteroatoms. The Morgan fingerprint density at radius 2 is 1.61 bits per heavy atom. The second-order valence-corrected chi connectivity index (χ2v) is 11.3. The summed E-state index contributed by atoms with van der Waals surface area (Å²) in [7, 11) is 0. The molecule has 0 saturated carbocycles. The Morgan fingerprint density at radius 3 is 2.10 bits per heavy atom. The van der Waals surface area contributed by atoms with Crippen LogP contribution in [0.4, 0.5) is 19.0 Å². The van der Waals surface area contributed by atoms with Gasteiger partial charge >= 0.3 is 6.18 Å². The van der Waals surface area contributed by atoms with Crippen molar-refractivity contribution in [2.45, 2.75) is 71.3 Å². The lowest BCUT2D eigenvalue weighted by atomic mass is 9.91. The van der Waals surface area contributed by atoms with Crippen LogP contribution < -0.4 is 10.6 Å². The molecule has 1 atom stereocenters. The minimum Gasteiger partial charge on any atom is -0.482 e. The number of nitrogens with zero attached hydrogens (tertiary/aromatic N) is 3. The van der Waals surface area contributed by atoms with Crippen molar-refractivity contribution in [1.82, 2.24) is 10.2 Å². The van der Waals surface area contributed by atoms with Gasteiger partial charge in [-0.15, -0.1) is 5.10 Å². The van der Waals surface area contributed by atoms with E-state index in [4.69, 9.17) is 10.5 Å². The van der Waals surface area contributed by atoms with Crippen LogP contribution in [0, 0.1) is 0 Å². The molecule has 1 aromatic heterocycles. The summed E-state index contributed by atoms with van der Waals surface area (Å²) in [6.45, 7) is 9.48. The first kappa shape index (κ1) is 29.9. The first-order valence-corrected chi connectivity index (χ1v) is 13.3. The van der Waals surface area contributed by atoms with Crippen LogP contribution in [-0.4, -0.2) is 33.7 Å². The fraction of sp³-hybridized carbons (Fsp3) is 0.355. The van der Waals surface area contributed by atoms with Gasteiger partial charge in [-0.25, -0.2) is 0 Å². The summed E-state index contributed by atoms with van der Waals surface area (Å²) in [6, 6.07) is 14.9. The summed E-state index contributed by atoms with van der Waals surface area (Å²) < 4.78 is 45.2. The lowest BCUT2D eigenvalue weighted by Crippen LogP contribution is -2.33. The number of amides is 1. The molecule has 0 spiro atoms. The summed E-state index contributed by atoms with van der Waals surface area (Å²) in [4.78, 5) is 29.5. The van der Waals surface area contributed by atoms with E-state index < -0.39 is 35.9 Å². The number of alkyl halides is 3. The Kier molecular flexibility index (Phi) is 8.35. The first-order valence-electron chi connectivity index (χ1n) is 13.3. The molecule has 0 fully saturated rings. The number of nitrogens with two attached hydrogens (primary N) is 1. The number of ether oxygens (including phenoxy) is 1. The molecule has 3 aromatic rings. The molecule has 2 N–H and O–H groups in total. The fourth-order valence-electron chi connectivity index (χ4n) is 4.59. The van der Waals surface area contributed by atoms with Crippen LogP contribution in [0.2, 0.25) is 0 Å². The number of benzene rings is 2. The number of carbonyl (C=O) groups is 2. The maximum absolute atomic E-state index is 14.2. The van der Waals surface area contributed by atoms with Crippen LogP contribution in [0.5, 0.6) is 0 Å². The standard InChI is InChI=1S/C31H33F3N4O3/c1-18(2)20-10-12-22(13-11-20)27(39)25-26(21-8-6-19(7-9-21)16-31(32,33)34)38(24-15-14-23(17-35)36-37-24)29(40)28(25)41-30(3,4)5/h6-15,18,26H,16-17,35H2,1-5H3. The molecule has 1 aliphatic heterocycles. The molecule has 0 radical (unpaired) electrons. The van der Waals surface area contributed by atoms with Crippen molar-refractivity contribution in [3.05, 3.63) is 99.9 Å². The summed E-state index contributed by atoms with van der Waals surface area (Å²) in [6.07, 6.45) is -5.48. The molecule has 2 aromatic carbocycles. The molecule has 216 valence electrons. The lowest BCUT2D eigenvalue weighted by Gasteiger charge is -2.26. The molecule has 1 aliphatic rings. The van der Waals surface area contributed by atoms with Crippen LogP contribution in [0.3, 0.4) is 0 Å². The van der Waals surface area contributed by atoms with Crippen molar-refractivity contribution in [2.75, 3.05) is 4.90 Å². The zero-order valence-corrected chi connectivity index (χ0v) is 23.6. The van der Waals surface area contributed by atoms with Gasteiger partial charge in [-0.05, 0) is 55.5 Å². The monoisotopic (exact) mass is 566 g/mol. The minimum atomic E-state index is -4.38. The number of rotatable bonds is 8. The van der Waals surface area contributed by atoms with Crippen LogP contribution in [0.15, 0.2) is 72.0 Å². The number of ketones is 1. The van der Waals surface area contributed by atoms with Gasteiger partial charge < -0.3 is 10.5 Å². The molecule has 1 unspecified atom stereocenters. The summed E-state index contributed by atoms with van der Waals surface area (Å²) in [5.74, 6) is -0.804. The average molecular weight is 567 g/mol. The van der Waals surface area contributed by atoms with E-state index in [1.54, 1.807) is 45.0 Å². The zero-order chi connectivity index (χ0) is 30.1. The number of anilines is 1. The average Bonchev–Trinajstić information content (AvgIpc) is 3.18. The second-order valence-electron chi connectivity index (χ2n) is 11.3. The van der Waals surface area contributed by atoms with Crippen LogP contribution in [0.25, 0.3) is 0 Å². The predicted octanol–water partition coefficient (Wildman–Crippen LogP) is 6.20. The third kappa shape index (κ3) is 6.82. The van der Waals surface area contributed by atoms with E-state index in [2.05, 4.69) is 10.2 Å². The maximum atomic E-state index is 14.2. The maximum Gasteiger partial charge on any atom is 0.393 e. The van der Waals surface area contributed by atoms with Crippen molar-refractivity contribution in [3.63, 3.8) is 0 Å². The number of carbonyl (C=O) groups excluding carboxylic acids is 2. The van der Waals surface area contributed by atoms with Crippen molar-refractivity contribution in [3.8, 4) is 0 Å². The van der Waals surface area contributed by atoms with E-state index >= 15 is 0 Å². The minimum absolute atomic E-state index is 0.0523. The number of hydrogen-bond donors (Lipinski definition) is 1. The summed E-state index contributed by atoms with van der Waals surface area (Å²) in [5, 5.41) is 8.26. The van der Waals surface area contributed by atoms with Gasteiger partial charge in [-0.3, -0.25) is 14.5 Å². The van der Waals surface area contributed by atoms with Gasteiger partial charge in [0, 0.05) is 12.1 Å². The third-order valence-electron chi connectivity index (χ3n) is 6.54. The van der Waals surface area contributed by atoms with E-state index in [-0.39, 0.29) is 35.2 Å². The molecule has 41 heavy (non-hydrogen) atoms. The number of halogens is 3.